The van der Waals surface area contributed by atoms with Crippen LogP contribution in [0.3, 0.4) is 0 Å². The molecule has 7 heteroatoms. The van der Waals surface area contributed by atoms with Crippen LogP contribution in [0.5, 0.6) is 0 Å². The van der Waals surface area contributed by atoms with Crippen LogP contribution in [0.1, 0.15) is 18.1 Å². The van der Waals surface area contributed by atoms with Crippen LogP contribution in [0, 0.1) is 12.1 Å². The lowest BCUT2D eigenvalue weighted by Crippen LogP contribution is -3.06. The Balaban J connectivity index is 2.06. The molecule has 2 N–H and O–H groups in total. The summed E-state index contributed by atoms with van der Waals surface area (Å²) in [5.74, 6) is 0. The smallest absolute Gasteiger partial charge is 0.262 e. The van der Waals surface area contributed by atoms with Gasteiger partial charge in [-0.15, -0.1) is 0 Å². The highest BCUT2D eigenvalue weighted by Gasteiger charge is 2.25. The third-order valence-electron chi connectivity index (χ3n) is 3.93. The van der Waals surface area contributed by atoms with E-state index in [9.17, 15) is 13.6 Å². The maximum absolute atomic E-state index is 12.6. The largest absolute Gasteiger partial charge is 0.628 e. The number of rotatable bonds is 3. The van der Waals surface area contributed by atoms with Crippen molar-refractivity contribution in [3.05, 3.63) is 63.3 Å². The van der Waals surface area contributed by atoms with E-state index in [1.54, 1.807) is 43.3 Å². The topological polar surface area (TPSA) is 73.7 Å². The van der Waals surface area contributed by atoms with Crippen molar-refractivity contribution in [2.45, 2.75) is 24.8 Å². The minimum Gasteiger partial charge on any atom is -0.628 e. The Morgan fingerprint density at radius 2 is 1.88 bits per heavy atom. The van der Waals surface area contributed by atoms with Crippen LogP contribution in [0.15, 0.2) is 51.8 Å². The number of aryl methyl sites for hydroxylation is 1. The second-order valence-electron chi connectivity index (χ2n) is 5.85. The Hall–Kier alpha value is -1.67. The van der Waals surface area contributed by atoms with Gasteiger partial charge in [0.25, 0.3) is 10.0 Å². The highest BCUT2D eigenvalue weighted by atomic mass is 79.9. The van der Waals surface area contributed by atoms with E-state index in [2.05, 4.69) is 20.7 Å². The van der Waals surface area contributed by atoms with E-state index in [1.807, 2.05) is 19.1 Å². The van der Waals surface area contributed by atoms with Gasteiger partial charge in [-0.2, -0.15) is 0 Å². The molecule has 0 aliphatic carbocycles. The van der Waals surface area contributed by atoms with Crippen molar-refractivity contribution in [2.24, 2.45) is 0 Å². The average molecular weight is 409 g/mol. The van der Waals surface area contributed by atoms with Crippen LogP contribution < -0.4 is 9.79 Å². The van der Waals surface area contributed by atoms with Gasteiger partial charge >= 0.3 is 0 Å². The number of hydroxylamine groups is 1. The second-order valence-corrected chi connectivity index (χ2v) is 8.45. The highest BCUT2D eigenvalue weighted by molar-refractivity contribution is 9.10. The number of hydrogen-bond acceptors (Lipinski definition) is 3. The molecular formula is C17H17BrN2O3S. The number of nitrogens with one attached hydrogen (secondary N) is 2. The molecule has 5 nitrogen and oxygen atoms in total. The molecule has 3 rings (SSSR count). The summed E-state index contributed by atoms with van der Waals surface area (Å²) in [6, 6.07) is 9.72. The number of quaternary nitrogens is 1. The molecule has 1 heterocycles. The predicted octanol–water partition coefficient (Wildman–Crippen LogP) is 2.99. The average Bonchev–Trinajstić information content (AvgIpc) is 2.50. The zero-order chi connectivity index (χ0) is 17.5. The predicted molar refractivity (Wildman–Crippen MR) is 98.6 cm³/mol. The molecule has 0 bridgehead atoms. The first-order chi connectivity index (χ1) is 11.3. The highest BCUT2D eigenvalue weighted by Crippen LogP contribution is 2.32. The molecule has 126 valence electrons. The molecule has 0 fully saturated rings. The first kappa shape index (κ1) is 17.2. The lowest BCUT2D eigenvalue weighted by Gasteiger charge is -2.32. The van der Waals surface area contributed by atoms with Crippen molar-refractivity contribution in [3.63, 3.8) is 0 Å². The van der Waals surface area contributed by atoms with Gasteiger partial charge in [0.05, 0.1) is 4.90 Å². The van der Waals surface area contributed by atoms with Gasteiger partial charge in [-0.05, 0) is 50.3 Å². The van der Waals surface area contributed by atoms with E-state index >= 15 is 0 Å². The minimum absolute atomic E-state index is 0.0957. The van der Waals surface area contributed by atoms with Gasteiger partial charge in [0.1, 0.15) is 11.7 Å². The normalized spacial score (nSPS) is 19.8. The number of anilines is 1. The van der Waals surface area contributed by atoms with Crippen LogP contribution in [0.2, 0.25) is 0 Å². The van der Waals surface area contributed by atoms with Crippen LogP contribution in [0.25, 0.3) is 6.08 Å². The zero-order valence-corrected chi connectivity index (χ0v) is 15.6. The van der Waals surface area contributed by atoms with Crippen LogP contribution in [-0.4, -0.2) is 14.5 Å². The number of hydrogen-bond donors (Lipinski definition) is 2. The molecule has 2 atom stereocenters. The quantitative estimate of drug-likeness (QED) is 0.766. The van der Waals surface area contributed by atoms with Gasteiger partial charge in [0.2, 0.25) is 0 Å². The van der Waals surface area contributed by atoms with Crippen molar-refractivity contribution in [1.82, 2.24) is 0 Å². The van der Waals surface area contributed by atoms with E-state index in [4.69, 9.17) is 0 Å². The zero-order valence-electron chi connectivity index (χ0n) is 13.2. The Labute approximate surface area is 149 Å². The number of benzene rings is 2. The van der Waals surface area contributed by atoms with Crippen molar-refractivity contribution < 1.29 is 13.5 Å². The summed E-state index contributed by atoms with van der Waals surface area (Å²) >= 11 is 3.37. The third kappa shape index (κ3) is 3.25. The summed E-state index contributed by atoms with van der Waals surface area (Å²) in [5.41, 5.74) is 2.38. The second kappa shape index (κ2) is 6.33. The van der Waals surface area contributed by atoms with Gasteiger partial charge in [0.15, 0.2) is 5.69 Å². The van der Waals surface area contributed by atoms with E-state index in [1.165, 1.54) is 0 Å². The first-order valence-electron chi connectivity index (χ1n) is 7.43. The summed E-state index contributed by atoms with van der Waals surface area (Å²) < 4.78 is 28.5. The van der Waals surface area contributed by atoms with Crippen molar-refractivity contribution in [2.75, 3.05) is 4.72 Å². The standard InChI is InChI=1S/C17H17BrN2O3S/c1-11-3-7-15(8-4-11)24(22,23)19-16-10-14(18)9-13-6-5-12(2)20(21)17(13)16/h3-10,12,19-20H,1-2H3. The first-order valence-corrected chi connectivity index (χ1v) is 9.71. The van der Waals surface area contributed by atoms with Crippen molar-refractivity contribution in [1.29, 1.82) is 0 Å². The lowest BCUT2D eigenvalue weighted by atomic mass is 10.0. The van der Waals surface area contributed by atoms with Crippen LogP contribution in [0.4, 0.5) is 11.4 Å². The van der Waals surface area contributed by atoms with Crippen LogP contribution in [-0.2, 0) is 10.0 Å². The summed E-state index contributed by atoms with van der Waals surface area (Å²) in [5, 5.41) is 12.4. The van der Waals surface area contributed by atoms with Gasteiger partial charge in [-0.3, -0.25) is 4.72 Å². The molecule has 0 saturated heterocycles. The van der Waals surface area contributed by atoms with E-state index in [-0.39, 0.29) is 16.0 Å². The van der Waals surface area contributed by atoms with Gasteiger partial charge in [-0.25, -0.2) is 8.42 Å². The Morgan fingerprint density at radius 3 is 2.54 bits per heavy atom. The van der Waals surface area contributed by atoms with Gasteiger partial charge in [-0.1, -0.05) is 33.6 Å². The molecule has 2 unspecified atom stereocenters. The van der Waals surface area contributed by atoms with Gasteiger partial charge < -0.3 is 10.3 Å². The summed E-state index contributed by atoms with van der Waals surface area (Å²) in [6.07, 6.45) is 3.66. The molecule has 24 heavy (non-hydrogen) atoms. The molecule has 0 amide bonds. The minimum atomic E-state index is -3.77. The Kier molecular flexibility index (Phi) is 4.52. The molecule has 0 radical (unpaired) electrons. The molecule has 0 spiro atoms. The summed E-state index contributed by atoms with van der Waals surface area (Å²) in [6.45, 7) is 3.68. The number of fused-ring (bicyclic) bond motifs is 1. The van der Waals surface area contributed by atoms with Crippen LogP contribution >= 0.6 is 15.9 Å². The maximum Gasteiger partial charge on any atom is 0.262 e. The molecule has 1 aliphatic heterocycles. The Bertz CT molecular complexity index is 908. The van der Waals surface area contributed by atoms with E-state index in [0.717, 1.165) is 5.56 Å². The van der Waals surface area contributed by atoms with Gasteiger partial charge in [0, 0.05) is 10.0 Å². The maximum atomic E-state index is 12.6. The summed E-state index contributed by atoms with van der Waals surface area (Å²) in [4.78, 5) is 0.161. The fourth-order valence-electron chi connectivity index (χ4n) is 2.60. The van der Waals surface area contributed by atoms with Crippen molar-refractivity contribution in [3.8, 4) is 0 Å². The van der Waals surface area contributed by atoms with Crippen molar-refractivity contribution >= 4 is 43.4 Å². The molecular weight excluding hydrogens is 392 g/mol. The number of halogens is 1. The fraction of sp³-hybridized carbons (Fsp3) is 0.176. The molecule has 0 aromatic heterocycles. The van der Waals surface area contributed by atoms with E-state index < -0.39 is 10.0 Å². The molecule has 2 aromatic rings. The fourth-order valence-corrected chi connectivity index (χ4v) is 4.14. The SMILES string of the molecule is Cc1ccc(S(=O)(=O)Nc2cc(Br)cc3c2[NH+]([O-])C(C)C=C3)cc1. The van der Waals surface area contributed by atoms with E-state index in [0.29, 0.717) is 21.4 Å². The monoisotopic (exact) mass is 408 g/mol. The molecule has 1 aliphatic rings. The third-order valence-corrected chi connectivity index (χ3v) is 5.77. The lowest BCUT2D eigenvalue weighted by molar-refractivity contribution is -0.796. The molecule has 2 aromatic carbocycles. The number of sulfonamides is 1. The Morgan fingerprint density at radius 1 is 1.21 bits per heavy atom. The molecule has 0 saturated carbocycles. The summed E-state index contributed by atoms with van der Waals surface area (Å²) in [7, 11) is -3.77.